The first-order valence-electron chi connectivity index (χ1n) is 6.57. The van der Waals surface area contributed by atoms with Crippen LogP contribution in [-0.4, -0.2) is 33.7 Å². The Morgan fingerprint density at radius 2 is 2.10 bits per heavy atom. The second-order valence-corrected chi connectivity index (χ2v) is 5.85. The predicted molar refractivity (Wildman–Crippen MR) is 70.2 cm³/mol. The number of carboxylic acid groups (broad SMARTS) is 1. The zero-order valence-electron chi connectivity index (χ0n) is 11.8. The van der Waals surface area contributed by atoms with Crippen molar-refractivity contribution >= 4 is 12.1 Å². The van der Waals surface area contributed by atoms with Gasteiger partial charge in [0.1, 0.15) is 17.4 Å². The third kappa shape index (κ3) is 2.95. The van der Waals surface area contributed by atoms with Crippen LogP contribution in [0.4, 0.5) is 4.79 Å². The smallest absolute Gasteiger partial charge is 0.411 e. The summed E-state index contributed by atoms with van der Waals surface area (Å²) in [6.45, 7) is 5.25. The number of hydrogen-bond acceptors (Lipinski definition) is 4. The molecule has 0 aromatic carbocycles. The van der Waals surface area contributed by atoms with Gasteiger partial charge in [-0.1, -0.05) is 0 Å². The highest BCUT2D eigenvalue weighted by Crippen LogP contribution is 2.37. The highest BCUT2D eigenvalue weighted by molar-refractivity contribution is 5.81. The van der Waals surface area contributed by atoms with E-state index in [2.05, 4.69) is 0 Å². The van der Waals surface area contributed by atoms with Gasteiger partial charge in [0.2, 0.25) is 0 Å². The van der Waals surface area contributed by atoms with E-state index in [0.717, 1.165) is 0 Å². The molecule has 6 nitrogen and oxygen atoms in total. The molecular weight excluding hydrogens is 262 g/mol. The van der Waals surface area contributed by atoms with E-state index < -0.39 is 23.7 Å². The van der Waals surface area contributed by atoms with Crippen molar-refractivity contribution in [2.45, 2.75) is 51.3 Å². The van der Waals surface area contributed by atoms with Gasteiger partial charge >= 0.3 is 12.1 Å². The summed E-state index contributed by atoms with van der Waals surface area (Å²) < 4.78 is 10.6. The Bertz CT molecular complexity index is 488. The number of amides is 1. The molecule has 20 heavy (non-hydrogen) atoms. The van der Waals surface area contributed by atoms with Crippen molar-refractivity contribution in [2.24, 2.45) is 0 Å². The van der Waals surface area contributed by atoms with Gasteiger partial charge in [0, 0.05) is 0 Å². The molecule has 0 spiro atoms. The number of likely N-dealkylation sites (tertiary alicyclic amines) is 1. The minimum atomic E-state index is -1.02. The predicted octanol–water partition coefficient (Wildman–Crippen LogP) is 2.80. The number of rotatable bonds is 2. The van der Waals surface area contributed by atoms with Crippen LogP contribution in [0.1, 0.15) is 45.4 Å². The highest BCUT2D eigenvalue weighted by Gasteiger charge is 2.44. The van der Waals surface area contributed by atoms with E-state index in [1.54, 1.807) is 32.9 Å². The molecule has 1 aromatic rings. The third-order valence-electron chi connectivity index (χ3n) is 3.15. The van der Waals surface area contributed by atoms with Gasteiger partial charge in [-0.25, -0.2) is 9.59 Å². The minimum absolute atomic E-state index is 0.388. The summed E-state index contributed by atoms with van der Waals surface area (Å²) in [5.74, 6) is -0.440. The fourth-order valence-corrected chi connectivity index (χ4v) is 2.38. The van der Waals surface area contributed by atoms with Gasteiger partial charge in [-0.05, 0) is 45.7 Å². The van der Waals surface area contributed by atoms with Crippen molar-refractivity contribution in [1.82, 2.24) is 4.90 Å². The Labute approximate surface area is 117 Å². The number of hydrogen-bond donors (Lipinski definition) is 1. The monoisotopic (exact) mass is 281 g/mol. The number of ether oxygens (including phenoxy) is 1. The van der Waals surface area contributed by atoms with E-state index in [0.29, 0.717) is 18.6 Å². The standard InChI is InChI=1S/C14H19NO5/c1-14(2,3)20-13(18)15-9(11-5-4-8-19-11)6-7-10(15)12(16)17/h4-5,8-10H,6-7H2,1-3H3,(H,16,17)/t9?,10-/m0/s1. The zero-order valence-corrected chi connectivity index (χ0v) is 11.8. The fraction of sp³-hybridized carbons (Fsp3) is 0.571. The number of carbonyl (C=O) groups is 2. The van der Waals surface area contributed by atoms with E-state index in [9.17, 15) is 14.7 Å². The number of carboxylic acids is 1. The van der Waals surface area contributed by atoms with Crippen LogP contribution >= 0.6 is 0 Å². The highest BCUT2D eigenvalue weighted by atomic mass is 16.6. The van der Waals surface area contributed by atoms with Crippen molar-refractivity contribution in [3.63, 3.8) is 0 Å². The first kappa shape index (κ1) is 14.4. The molecule has 0 aliphatic carbocycles. The summed E-state index contributed by atoms with van der Waals surface area (Å²) in [6.07, 6.45) is 1.82. The zero-order chi connectivity index (χ0) is 14.9. The summed E-state index contributed by atoms with van der Waals surface area (Å²) in [5.41, 5.74) is -0.670. The molecule has 1 fully saturated rings. The van der Waals surface area contributed by atoms with Crippen molar-refractivity contribution < 1.29 is 23.8 Å². The molecule has 1 saturated heterocycles. The van der Waals surface area contributed by atoms with Crippen LogP contribution in [0.15, 0.2) is 22.8 Å². The van der Waals surface area contributed by atoms with Crippen LogP contribution < -0.4 is 0 Å². The molecule has 1 aromatic heterocycles. The van der Waals surface area contributed by atoms with Crippen molar-refractivity contribution in [3.8, 4) is 0 Å². The summed E-state index contributed by atoms with van der Waals surface area (Å²) in [5, 5.41) is 9.27. The molecule has 1 N–H and O–H groups in total. The van der Waals surface area contributed by atoms with Crippen molar-refractivity contribution in [2.75, 3.05) is 0 Å². The molecule has 1 aliphatic heterocycles. The van der Waals surface area contributed by atoms with Crippen LogP contribution in [0.25, 0.3) is 0 Å². The Kier molecular flexibility index (Phi) is 3.74. The largest absolute Gasteiger partial charge is 0.480 e. The van der Waals surface area contributed by atoms with Gasteiger partial charge in [-0.2, -0.15) is 0 Å². The Morgan fingerprint density at radius 1 is 1.40 bits per heavy atom. The van der Waals surface area contributed by atoms with E-state index in [1.807, 2.05) is 0 Å². The lowest BCUT2D eigenvalue weighted by atomic mass is 10.1. The second-order valence-electron chi connectivity index (χ2n) is 5.85. The van der Waals surface area contributed by atoms with Gasteiger partial charge in [0.25, 0.3) is 0 Å². The maximum atomic E-state index is 12.3. The Morgan fingerprint density at radius 3 is 2.60 bits per heavy atom. The fourth-order valence-electron chi connectivity index (χ4n) is 2.38. The van der Waals surface area contributed by atoms with Gasteiger partial charge in [0.15, 0.2) is 0 Å². The Balaban J connectivity index is 2.25. The van der Waals surface area contributed by atoms with Gasteiger partial charge < -0.3 is 14.3 Å². The number of furan rings is 1. The minimum Gasteiger partial charge on any atom is -0.480 e. The molecule has 2 rings (SSSR count). The molecule has 1 aliphatic rings. The first-order chi connectivity index (χ1) is 9.29. The molecule has 1 amide bonds. The number of carbonyl (C=O) groups excluding carboxylic acids is 1. The molecule has 1 unspecified atom stereocenters. The quantitative estimate of drug-likeness (QED) is 0.901. The van der Waals surface area contributed by atoms with Crippen LogP contribution in [0.2, 0.25) is 0 Å². The first-order valence-corrected chi connectivity index (χ1v) is 6.57. The van der Waals surface area contributed by atoms with E-state index in [-0.39, 0.29) is 6.04 Å². The van der Waals surface area contributed by atoms with E-state index in [1.165, 1.54) is 11.2 Å². The molecule has 6 heteroatoms. The second kappa shape index (κ2) is 5.19. The topological polar surface area (TPSA) is 80.0 Å². The van der Waals surface area contributed by atoms with E-state index in [4.69, 9.17) is 9.15 Å². The van der Waals surface area contributed by atoms with Crippen LogP contribution in [0.3, 0.4) is 0 Å². The average molecular weight is 281 g/mol. The normalized spacial score (nSPS) is 22.9. The SMILES string of the molecule is CC(C)(C)OC(=O)N1C(c2ccco2)CC[C@H]1C(=O)O. The lowest BCUT2D eigenvalue weighted by Gasteiger charge is -2.30. The van der Waals surface area contributed by atoms with Crippen molar-refractivity contribution in [1.29, 1.82) is 0 Å². The summed E-state index contributed by atoms with van der Waals surface area (Å²) >= 11 is 0. The Hall–Kier alpha value is -1.98. The summed E-state index contributed by atoms with van der Waals surface area (Å²) in [6, 6.07) is 2.20. The molecular formula is C14H19NO5. The van der Waals surface area contributed by atoms with Crippen LogP contribution in [0.5, 0.6) is 0 Å². The number of nitrogens with zero attached hydrogens (tertiary/aromatic N) is 1. The van der Waals surface area contributed by atoms with Gasteiger partial charge in [-0.3, -0.25) is 4.90 Å². The molecule has 2 atom stereocenters. The summed E-state index contributed by atoms with van der Waals surface area (Å²) in [7, 11) is 0. The molecule has 2 heterocycles. The molecule has 110 valence electrons. The van der Waals surface area contributed by atoms with Crippen LogP contribution in [0, 0.1) is 0 Å². The maximum absolute atomic E-state index is 12.3. The lowest BCUT2D eigenvalue weighted by Crippen LogP contribution is -2.44. The van der Waals surface area contributed by atoms with Crippen molar-refractivity contribution in [3.05, 3.63) is 24.2 Å². The summed E-state index contributed by atoms with van der Waals surface area (Å²) in [4.78, 5) is 24.9. The lowest BCUT2D eigenvalue weighted by molar-refractivity contribution is -0.142. The average Bonchev–Trinajstić information content (AvgIpc) is 2.95. The van der Waals surface area contributed by atoms with Gasteiger partial charge in [-0.15, -0.1) is 0 Å². The molecule has 0 saturated carbocycles. The third-order valence-corrected chi connectivity index (χ3v) is 3.15. The maximum Gasteiger partial charge on any atom is 0.411 e. The van der Waals surface area contributed by atoms with E-state index >= 15 is 0 Å². The molecule has 0 radical (unpaired) electrons. The molecule has 0 bridgehead atoms. The number of aliphatic carboxylic acids is 1. The van der Waals surface area contributed by atoms with Crippen LogP contribution in [-0.2, 0) is 9.53 Å². The van der Waals surface area contributed by atoms with Gasteiger partial charge in [0.05, 0.1) is 12.3 Å².